The fourth-order valence-corrected chi connectivity index (χ4v) is 2.21. The van der Waals surface area contributed by atoms with Gasteiger partial charge in [-0.2, -0.15) is 0 Å². The van der Waals surface area contributed by atoms with Gasteiger partial charge >= 0.3 is 12.1 Å². The van der Waals surface area contributed by atoms with E-state index >= 15 is 0 Å². The van der Waals surface area contributed by atoms with E-state index in [0.717, 1.165) is 16.2 Å². The molecule has 1 aliphatic heterocycles. The fraction of sp³-hybridized carbons (Fsp3) is 0.429. The summed E-state index contributed by atoms with van der Waals surface area (Å²) in [6, 6.07) is 6.49. The first-order valence-electron chi connectivity index (χ1n) is 6.41. The zero-order chi connectivity index (χ0) is 14.5. The highest BCUT2D eigenvalue weighted by molar-refractivity contribution is 5.81. The summed E-state index contributed by atoms with van der Waals surface area (Å²) in [6.07, 6.45) is 0.136. The molecule has 1 aromatic rings. The number of carbonyl (C=O) groups is 2. The van der Waals surface area contributed by atoms with E-state index < -0.39 is 18.1 Å². The van der Waals surface area contributed by atoms with Crippen LogP contribution in [0.3, 0.4) is 0 Å². The molecule has 1 atom stereocenters. The van der Waals surface area contributed by atoms with Gasteiger partial charge in [0.15, 0.2) is 0 Å². The maximum Gasteiger partial charge on any atom is 0.408 e. The predicted molar refractivity (Wildman–Crippen MR) is 70.5 cm³/mol. The smallest absolute Gasteiger partial charge is 0.408 e. The molecule has 1 N–H and O–H groups in total. The van der Waals surface area contributed by atoms with Crippen LogP contribution in [0.1, 0.15) is 18.4 Å². The zero-order valence-electron chi connectivity index (χ0n) is 11.2. The van der Waals surface area contributed by atoms with Gasteiger partial charge in [0, 0.05) is 6.54 Å². The van der Waals surface area contributed by atoms with Crippen LogP contribution in [0.25, 0.3) is 0 Å². The van der Waals surface area contributed by atoms with Crippen molar-refractivity contribution in [2.75, 3.05) is 13.7 Å². The van der Waals surface area contributed by atoms with Crippen molar-refractivity contribution in [3.05, 3.63) is 29.8 Å². The molecule has 0 saturated carbocycles. The molecule has 6 heteroatoms. The number of hydrogen-bond acceptors (Lipinski definition) is 4. The standard InChI is InChI=1S/C14H17NO5/c1-19-11-6-4-10(5-7-11)9-20-13(16)12-3-2-8-15(12)14(17)18/h4-7,12H,2-3,8-9H2,1H3,(H,17,18). The molecular weight excluding hydrogens is 262 g/mol. The molecule has 0 radical (unpaired) electrons. The Morgan fingerprint density at radius 1 is 1.35 bits per heavy atom. The molecule has 1 saturated heterocycles. The second-order valence-corrected chi connectivity index (χ2v) is 4.59. The third-order valence-corrected chi connectivity index (χ3v) is 3.31. The molecular formula is C14H17NO5. The summed E-state index contributed by atoms with van der Waals surface area (Å²) in [5, 5.41) is 8.98. The Kier molecular flexibility index (Phi) is 4.45. The van der Waals surface area contributed by atoms with Crippen molar-refractivity contribution < 1.29 is 24.2 Å². The number of amides is 1. The van der Waals surface area contributed by atoms with Crippen LogP contribution in [0.4, 0.5) is 4.79 Å². The molecule has 1 amide bonds. The molecule has 1 heterocycles. The average Bonchev–Trinajstić information content (AvgIpc) is 2.95. The number of likely N-dealkylation sites (tertiary alicyclic amines) is 1. The van der Waals surface area contributed by atoms with E-state index in [4.69, 9.17) is 14.6 Å². The van der Waals surface area contributed by atoms with Crippen LogP contribution in [0.2, 0.25) is 0 Å². The van der Waals surface area contributed by atoms with E-state index in [-0.39, 0.29) is 6.61 Å². The van der Waals surface area contributed by atoms with Gasteiger partial charge in [0.1, 0.15) is 18.4 Å². The Balaban J connectivity index is 1.89. The van der Waals surface area contributed by atoms with E-state index in [1.807, 2.05) is 0 Å². The highest BCUT2D eigenvalue weighted by Crippen LogP contribution is 2.19. The number of methoxy groups -OCH3 is 1. The van der Waals surface area contributed by atoms with Crippen LogP contribution < -0.4 is 4.74 Å². The number of esters is 1. The molecule has 0 spiro atoms. The first-order valence-corrected chi connectivity index (χ1v) is 6.41. The van der Waals surface area contributed by atoms with Crippen LogP contribution in [0.15, 0.2) is 24.3 Å². The van der Waals surface area contributed by atoms with Crippen molar-refractivity contribution in [3.8, 4) is 5.75 Å². The number of hydrogen-bond donors (Lipinski definition) is 1. The quantitative estimate of drug-likeness (QED) is 0.852. The molecule has 1 aromatic carbocycles. The van der Waals surface area contributed by atoms with E-state index in [1.165, 1.54) is 0 Å². The van der Waals surface area contributed by atoms with Gasteiger partial charge in [0.25, 0.3) is 0 Å². The van der Waals surface area contributed by atoms with Crippen molar-refractivity contribution in [1.82, 2.24) is 4.90 Å². The van der Waals surface area contributed by atoms with Gasteiger partial charge in [0.2, 0.25) is 0 Å². The number of benzene rings is 1. The van der Waals surface area contributed by atoms with Gasteiger partial charge < -0.3 is 14.6 Å². The minimum atomic E-state index is -1.08. The third-order valence-electron chi connectivity index (χ3n) is 3.31. The average molecular weight is 279 g/mol. The van der Waals surface area contributed by atoms with Crippen LogP contribution in [0.5, 0.6) is 5.75 Å². The van der Waals surface area contributed by atoms with Crippen molar-refractivity contribution in [1.29, 1.82) is 0 Å². The van der Waals surface area contributed by atoms with Crippen molar-refractivity contribution in [2.24, 2.45) is 0 Å². The highest BCUT2D eigenvalue weighted by Gasteiger charge is 2.35. The number of ether oxygens (including phenoxy) is 2. The largest absolute Gasteiger partial charge is 0.497 e. The fourth-order valence-electron chi connectivity index (χ4n) is 2.21. The number of nitrogens with zero attached hydrogens (tertiary/aromatic N) is 1. The lowest BCUT2D eigenvalue weighted by Gasteiger charge is -2.19. The second kappa shape index (κ2) is 6.27. The summed E-state index contributed by atoms with van der Waals surface area (Å²) in [7, 11) is 1.58. The minimum absolute atomic E-state index is 0.132. The third kappa shape index (κ3) is 3.20. The zero-order valence-corrected chi connectivity index (χ0v) is 11.2. The lowest BCUT2D eigenvalue weighted by molar-refractivity contribution is -0.149. The summed E-state index contributed by atoms with van der Waals surface area (Å²) in [5.74, 6) is 0.244. The van der Waals surface area contributed by atoms with Gasteiger partial charge in [-0.15, -0.1) is 0 Å². The van der Waals surface area contributed by atoms with E-state index in [1.54, 1.807) is 31.4 Å². The monoisotopic (exact) mass is 279 g/mol. The van der Waals surface area contributed by atoms with Crippen LogP contribution in [-0.2, 0) is 16.1 Å². The Morgan fingerprint density at radius 3 is 2.65 bits per heavy atom. The summed E-state index contributed by atoms with van der Waals surface area (Å²) in [4.78, 5) is 24.0. The van der Waals surface area contributed by atoms with Crippen LogP contribution in [0, 0.1) is 0 Å². The van der Waals surface area contributed by atoms with E-state index in [2.05, 4.69) is 0 Å². The SMILES string of the molecule is COc1ccc(COC(=O)C2CCCN2C(=O)O)cc1. The molecule has 1 aliphatic rings. The molecule has 0 bridgehead atoms. The number of carbonyl (C=O) groups excluding carboxylic acids is 1. The van der Waals surface area contributed by atoms with Crippen molar-refractivity contribution in [3.63, 3.8) is 0 Å². The number of carboxylic acid groups (broad SMARTS) is 1. The topological polar surface area (TPSA) is 76.1 Å². The van der Waals surface area contributed by atoms with Gasteiger partial charge in [-0.1, -0.05) is 12.1 Å². The molecule has 2 rings (SSSR count). The maximum atomic E-state index is 11.9. The predicted octanol–water partition coefficient (Wildman–Crippen LogP) is 1.88. The Bertz CT molecular complexity index is 485. The van der Waals surface area contributed by atoms with Gasteiger partial charge in [-0.3, -0.25) is 4.90 Å². The maximum absolute atomic E-state index is 11.9. The molecule has 1 unspecified atom stereocenters. The van der Waals surface area contributed by atoms with Crippen molar-refractivity contribution in [2.45, 2.75) is 25.5 Å². The Hall–Kier alpha value is -2.24. The molecule has 0 aromatic heterocycles. The van der Waals surface area contributed by atoms with E-state index in [9.17, 15) is 9.59 Å². The van der Waals surface area contributed by atoms with Crippen LogP contribution in [-0.4, -0.2) is 41.8 Å². The molecule has 0 aliphatic carbocycles. The van der Waals surface area contributed by atoms with Crippen LogP contribution >= 0.6 is 0 Å². The van der Waals surface area contributed by atoms with Crippen molar-refractivity contribution >= 4 is 12.1 Å². The lowest BCUT2D eigenvalue weighted by Crippen LogP contribution is -2.40. The highest BCUT2D eigenvalue weighted by atomic mass is 16.5. The first-order chi connectivity index (χ1) is 9.61. The summed E-state index contributed by atoms with van der Waals surface area (Å²) >= 11 is 0. The molecule has 1 fully saturated rings. The minimum Gasteiger partial charge on any atom is -0.497 e. The normalized spacial score (nSPS) is 17.9. The van der Waals surface area contributed by atoms with E-state index in [0.29, 0.717) is 19.4 Å². The Morgan fingerprint density at radius 2 is 2.05 bits per heavy atom. The van der Waals surface area contributed by atoms with Gasteiger partial charge in [-0.05, 0) is 30.5 Å². The molecule has 108 valence electrons. The molecule has 6 nitrogen and oxygen atoms in total. The summed E-state index contributed by atoms with van der Waals surface area (Å²) in [5.41, 5.74) is 0.832. The number of rotatable bonds is 4. The summed E-state index contributed by atoms with van der Waals surface area (Å²) < 4.78 is 10.2. The lowest BCUT2D eigenvalue weighted by atomic mass is 10.2. The van der Waals surface area contributed by atoms with Gasteiger partial charge in [0.05, 0.1) is 7.11 Å². The second-order valence-electron chi connectivity index (χ2n) is 4.59. The Labute approximate surface area is 116 Å². The molecule has 20 heavy (non-hydrogen) atoms. The first kappa shape index (κ1) is 14.2. The summed E-state index contributed by atoms with van der Waals surface area (Å²) in [6.45, 7) is 0.518. The van der Waals surface area contributed by atoms with Gasteiger partial charge in [-0.25, -0.2) is 9.59 Å².